The molecule has 0 saturated carbocycles. The van der Waals surface area contributed by atoms with Crippen LogP contribution in [0.25, 0.3) is 10.9 Å². The first-order valence-corrected chi connectivity index (χ1v) is 7.56. The number of likely N-dealkylation sites (N-methyl/N-ethyl adjacent to an activating group) is 1. The third-order valence-corrected chi connectivity index (χ3v) is 4.33. The highest BCUT2D eigenvalue weighted by atomic mass is 16.2. The molecule has 1 aliphatic rings. The molecule has 2 atom stereocenters. The molecule has 0 unspecified atom stereocenters. The monoisotopic (exact) mass is 286 g/mol. The van der Waals surface area contributed by atoms with Crippen LogP contribution in [0, 0.1) is 5.92 Å². The van der Waals surface area contributed by atoms with Gasteiger partial charge in [0.15, 0.2) is 5.69 Å². The second-order valence-electron chi connectivity index (χ2n) is 5.84. The zero-order chi connectivity index (χ0) is 15.0. The van der Waals surface area contributed by atoms with E-state index in [4.69, 9.17) is 0 Å². The summed E-state index contributed by atoms with van der Waals surface area (Å²) in [6.07, 6.45) is 0. The smallest absolute Gasteiger partial charge is 0.275 e. The largest absolute Gasteiger partial charge is 0.335 e. The molecule has 3 rings (SSSR count). The van der Waals surface area contributed by atoms with Crippen molar-refractivity contribution in [3.8, 4) is 0 Å². The summed E-state index contributed by atoms with van der Waals surface area (Å²) in [6, 6.07) is 8.27. The van der Waals surface area contributed by atoms with Gasteiger partial charge in [-0.25, -0.2) is 0 Å². The lowest BCUT2D eigenvalue weighted by Gasteiger charge is -2.15. The molecule has 1 aliphatic heterocycles. The number of nitrogens with zero attached hydrogens (tertiary/aromatic N) is 3. The molecule has 2 heterocycles. The second kappa shape index (κ2) is 5.48. The van der Waals surface area contributed by atoms with Crippen LogP contribution in [0.5, 0.6) is 0 Å². The number of amides is 1. The predicted octanol–water partition coefficient (Wildman–Crippen LogP) is 1.64. The highest BCUT2D eigenvalue weighted by molar-refractivity contribution is 6.04. The number of benzene rings is 1. The standard InChI is InChI=1S/C16H22N4O/c1-4-17-13-10-20(9-11(13)2)16(21)15-12-7-5-6-8-14(12)19(3)18-15/h5-8,11,13,17H,4,9-10H2,1-3H3/t11-,13+/m1/s1. The van der Waals surface area contributed by atoms with Crippen molar-refractivity contribution < 1.29 is 4.79 Å². The second-order valence-corrected chi connectivity index (χ2v) is 5.84. The highest BCUT2D eigenvalue weighted by Crippen LogP contribution is 2.23. The number of aryl methyl sites for hydroxylation is 1. The van der Waals surface area contributed by atoms with Crippen LogP contribution in [-0.2, 0) is 7.05 Å². The number of para-hydroxylation sites is 1. The minimum atomic E-state index is 0.0408. The first kappa shape index (κ1) is 14.1. The minimum absolute atomic E-state index is 0.0408. The predicted molar refractivity (Wildman–Crippen MR) is 83.2 cm³/mol. The number of nitrogens with one attached hydrogen (secondary N) is 1. The maximum Gasteiger partial charge on any atom is 0.275 e. The summed E-state index contributed by atoms with van der Waals surface area (Å²) in [5, 5.41) is 8.82. The van der Waals surface area contributed by atoms with Gasteiger partial charge in [0, 0.05) is 31.6 Å². The molecule has 0 radical (unpaired) electrons. The Morgan fingerprint density at radius 2 is 2.14 bits per heavy atom. The summed E-state index contributed by atoms with van der Waals surface area (Å²) in [7, 11) is 1.88. The van der Waals surface area contributed by atoms with E-state index < -0.39 is 0 Å². The molecule has 1 aromatic carbocycles. The van der Waals surface area contributed by atoms with Crippen LogP contribution in [0.3, 0.4) is 0 Å². The van der Waals surface area contributed by atoms with Crippen molar-refractivity contribution in [3.63, 3.8) is 0 Å². The van der Waals surface area contributed by atoms with Crippen LogP contribution in [0.15, 0.2) is 24.3 Å². The molecule has 2 aromatic rings. The Balaban J connectivity index is 1.88. The molecule has 1 fully saturated rings. The molecule has 0 bridgehead atoms. The van der Waals surface area contributed by atoms with E-state index in [1.54, 1.807) is 4.68 Å². The number of fused-ring (bicyclic) bond motifs is 1. The SMILES string of the molecule is CCN[C@H]1CN(C(=O)c2nn(C)c3ccccc23)C[C@H]1C. The fourth-order valence-electron chi connectivity index (χ4n) is 3.18. The lowest BCUT2D eigenvalue weighted by molar-refractivity contribution is 0.0781. The van der Waals surface area contributed by atoms with E-state index in [0.717, 1.165) is 30.5 Å². The molecule has 0 spiro atoms. The lowest BCUT2D eigenvalue weighted by Crippen LogP contribution is -2.36. The van der Waals surface area contributed by atoms with Crippen LogP contribution in [0.1, 0.15) is 24.3 Å². The molecule has 1 N–H and O–H groups in total. The van der Waals surface area contributed by atoms with Crippen LogP contribution in [0.4, 0.5) is 0 Å². The first-order chi connectivity index (χ1) is 10.1. The van der Waals surface area contributed by atoms with Crippen LogP contribution in [-0.4, -0.2) is 46.3 Å². The maximum absolute atomic E-state index is 12.8. The Hall–Kier alpha value is -1.88. The zero-order valence-corrected chi connectivity index (χ0v) is 12.8. The van der Waals surface area contributed by atoms with Crippen molar-refractivity contribution in [1.29, 1.82) is 0 Å². The fraction of sp³-hybridized carbons (Fsp3) is 0.500. The molecule has 5 nitrogen and oxygen atoms in total. The minimum Gasteiger partial charge on any atom is -0.335 e. The summed E-state index contributed by atoms with van der Waals surface area (Å²) in [5.41, 5.74) is 1.56. The van der Waals surface area contributed by atoms with Gasteiger partial charge in [-0.2, -0.15) is 5.10 Å². The fourth-order valence-corrected chi connectivity index (χ4v) is 3.18. The number of hydrogen-bond donors (Lipinski definition) is 1. The van der Waals surface area contributed by atoms with E-state index in [1.807, 2.05) is 36.2 Å². The van der Waals surface area contributed by atoms with Gasteiger partial charge < -0.3 is 10.2 Å². The number of rotatable bonds is 3. The number of aromatic nitrogens is 2. The van der Waals surface area contributed by atoms with Crippen molar-refractivity contribution in [2.75, 3.05) is 19.6 Å². The molecular weight excluding hydrogens is 264 g/mol. The zero-order valence-electron chi connectivity index (χ0n) is 12.8. The summed E-state index contributed by atoms with van der Waals surface area (Å²) >= 11 is 0. The maximum atomic E-state index is 12.8. The van der Waals surface area contributed by atoms with E-state index in [2.05, 4.69) is 24.3 Å². The van der Waals surface area contributed by atoms with E-state index >= 15 is 0 Å². The lowest BCUT2D eigenvalue weighted by atomic mass is 10.1. The quantitative estimate of drug-likeness (QED) is 0.933. The topological polar surface area (TPSA) is 50.2 Å². The van der Waals surface area contributed by atoms with E-state index in [9.17, 15) is 4.79 Å². The average Bonchev–Trinajstić information content (AvgIpc) is 3.01. The van der Waals surface area contributed by atoms with Crippen molar-refractivity contribution in [2.45, 2.75) is 19.9 Å². The van der Waals surface area contributed by atoms with Crippen molar-refractivity contribution >= 4 is 16.8 Å². The van der Waals surface area contributed by atoms with Crippen molar-refractivity contribution in [2.24, 2.45) is 13.0 Å². The first-order valence-electron chi connectivity index (χ1n) is 7.56. The molecule has 1 aromatic heterocycles. The van der Waals surface area contributed by atoms with Crippen molar-refractivity contribution in [3.05, 3.63) is 30.0 Å². The number of hydrogen-bond acceptors (Lipinski definition) is 3. The average molecular weight is 286 g/mol. The summed E-state index contributed by atoms with van der Waals surface area (Å²) in [4.78, 5) is 14.7. The Morgan fingerprint density at radius 1 is 1.38 bits per heavy atom. The number of carbonyl (C=O) groups is 1. The van der Waals surface area contributed by atoms with Crippen molar-refractivity contribution in [1.82, 2.24) is 20.0 Å². The summed E-state index contributed by atoms with van der Waals surface area (Å²) < 4.78 is 1.78. The molecule has 1 saturated heterocycles. The molecular formula is C16H22N4O. The number of carbonyl (C=O) groups excluding carboxylic acids is 1. The molecule has 5 heteroatoms. The van der Waals surface area contributed by atoms with Gasteiger partial charge >= 0.3 is 0 Å². The van der Waals surface area contributed by atoms with E-state index in [1.165, 1.54) is 0 Å². The van der Waals surface area contributed by atoms with Gasteiger partial charge in [-0.05, 0) is 18.5 Å². The van der Waals surface area contributed by atoms with Gasteiger partial charge in [-0.1, -0.05) is 32.0 Å². The normalized spacial score (nSPS) is 22.1. The van der Waals surface area contributed by atoms with Gasteiger partial charge in [0.1, 0.15) is 0 Å². The Morgan fingerprint density at radius 3 is 2.90 bits per heavy atom. The summed E-state index contributed by atoms with van der Waals surface area (Å²) in [6.45, 7) is 6.78. The molecule has 112 valence electrons. The Bertz CT molecular complexity index is 663. The Labute approximate surface area is 124 Å². The van der Waals surface area contributed by atoms with Crippen LogP contribution < -0.4 is 5.32 Å². The van der Waals surface area contributed by atoms with Gasteiger partial charge in [0.05, 0.1) is 5.52 Å². The van der Waals surface area contributed by atoms with Gasteiger partial charge in [0.2, 0.25) is 0 Å². The molecule has 1 amide bonds. The third-order valence-electron chi connectivity index (χ3n) is 4.33. The number of likely N-dealkylation sites (tertiary alicyclic amines) is 1. The van der Waals surface area contributed by atoms with E-state index in [0.29, 0.717) is 17.7 Å². The van der Waals surface area contributed by atoms with Crippen LogP contribution >= 0.6 is 0 Å². The van der Waals surface area contributed by atoms with Gasteiger partial charge in [-0.3, -0.25) is 9.48 Å². The molecule has 0 aliphatic carbocycles. The van der Waals surface area contributed by atoms with Crippen LogP contribution in [0.2, 0.25) is 0 Å². The highest BCUT2D eigenvalue weighted by Gasteiger charge is 2.33. The Kier molecular flexibility index (Phi) is 3.68. The van der Waals surface area contributed by atoms with E-state index in [-0.39, 0.29) is 5.91 Å². The van der Waals surface area contributed by atoms with Gasteiger partial charge in [-0.15, -0.1) is 0 Å². The third kappa shape index (κ3) is 2.42. The van der Waals surface area contributed by atoms with Gasteiger partial charge in [0.25, 0.3) is 5.91 Å². The summed E-state index contributed by atoms with van der Waals surface area (Å²) in [5.74, 6) is 0.517. The molecule has 21 heavy (non-hydrogen) atoms.